The number of nitrogens with zero attached hydrogens (tertiary/aromatic N) is 4. The molecule has 0 radical (unpaired) electrons. The molecule has 0 atom stereocenters. The van der Waals surface area contributed by atoms with Crippen molar-refractivity contribution in [1.29, 1.82) is 0 Å². The zero-order chi connectivity index (χ0) is 10.8. The number of tetrazole rings is 1. The van der Waals surface area contributed by atoms with Crippen LogP contribution in [0.1, 0.15) is 18.9 Å². The van der Waals surface area contributed by atoms with E-state index in [0.29, 0.717) is 6.04 Å². The lowest BCUT2D eigenvalue weighted by Gasteiger charge is -2.22. The predicted octanol–water partition coefficient (Wildman–Crippen LogP) is 0.858. The second-order valence-corrected chi connectivity index (χ2v) is 3.91. The van der Waals surface area contributed by atoms with Gasteiger partial charge in [0.1, 0.15) is 0 Å². The van der Waals surface area contributed by atoms with Crippen molar-refractivity contribution in [3.8, 4) is 11.6 Å². The van der Waals surface area contributed by atoms with Crippen LogP contribution in [0, 0.1) is 0 Å². The second kappa shape index (κ2) is 4.05. The Kier molecular flexibility index (Phi) is 2.41. The summed E-state index contributed by atoms with van der Waals surface area (Å²) in [7, 11) is 0. The highest BCUT2D eigenvalue weighted by molar-refractivity contribution is 5.45. The van der Waals surface area contributed by atoms with Crippen LogP contribution in [0.4, 0.5) is 0 Å². The van der Waals surface area contributed by atoms with E-state index in [1.54, 1.807) is 6.26 Å². The highest BCUT2D eigenvalue weighted by Gasteiger charge is 2.21. The zero-order valence-corrected chi connectivity index (χ0v) is 8.83. The fraction of sp³-hybridized carbons (Fsp3) is 0.500. The molecule has 84 valence electrons. The largest absolute Gasteiger partial charge is 0.461 e. The van der Waals surface area contributed by atoms with Gasteiger partial charge in [-0.15, -0.1) is 5.10 Å². The lowest BCUT2D eigenvalue weighted by molar-refractivity contribution is 0.338. The van der Waals surface area contributed by atoms with Gasteiger partial charge in [-0.3, -0.25) is 0 Å². The third-order valence-corrected chi connectivity index (χ3v) is 2.89. The first-order chi connectivity index (χ1) is 7.95. The molecule has 16 heavy (non-hydrogen) atoms. The molecule has 1 aliphatic heterocycles. The predicted molar refractivity (Wildman–Crippen MR) is 56.7 cm³/mol. The Balaban J connectivity index is 1.92. The molecular formula is C10H13N5O. The van der Waals surface area contributed by atoms with Crippen molar-refractivity contribution in [2.45, 2.75) is 18.9 Å². The number of hydrogen-bond donors (Lipinski definition) is 1. The maximum Gasteiger partial charge on any atom is 0.218 e. The average molecular weight is 219 g/mol. The lowest BCUT2D eigenvalue weighted by atomic mass is 10.1. The first-order valence-corrected chi connectivity index (χ1v) is 5.47. The van der Waals surface area contributed by atoms with Gasteiger partial charge in [0, 0.05) is 0 Å². The number of piperidine rings is 1. The summed E-state index contributed by atoms with van der Waals surface area (Å²) in [5, 5.41) is 15.1. The highest BCUT2D eigenvalue weighted by Crippen LogP contribution is 2.24. The molecule has 6 nitrogen and oxygen atoms in total. The van der Waals surface area contributed by atoms with Gasteiger partial charge in [0.2, 0.25) is 5.82 Å². The molecule has 1 fully saturated rings. The van der Waals surface area contributed by atoms with E-state index in [2.05, 4.69) is 20.8 Å². The molecule has 0 bridgehead atoms. The van der Waals surface area contributed by atoms with Crippen LogP contribution < -0.4 is 5.32 Å². The smallest absolute Gasteiger partial charge is 0.218 e. The quantitative estimate of drug-likeness (QED) is 0.811. The zero-order valence-electron chi connectivity index (χ0n) is 8.83. The Labute approximate surface area is 92.6 Å². The fourth-order valence-corrected chi connectivity index (χ4v) is 2.06. The van der Waals surface area contributed by atoms with Crippen molar-refractivity contribution < 1.29 is 4.42 Å². The minimum absolute atomic E-state index is 0.372. The molecule has 0 unspecified atom stereocenters. The SMILES string of the molecule is c1coc(-c2nnnn2C2CCNCC2)c1. The Hall–Kier alpha value is -1.69. The van der Waals surface area contributed by atoms with E-state index < -0.39 is 0 Å². The topological polar surface area (TPSA) is 68.8 Å². The third-order valence-electron chi connectivity index (χ3n) is 2.89. The molecule has 3 rings (SSSR count). The minimum atomic E-state index is 0.372. The van der Waals surface area contributed by atoms with Gasteiger partial charge in [0.05, 0.1) is 12.3 Å². The Bertz CT molecular complexity index is 443. The number of aromatic nitrogens is 4. The Morgan fingerprint density at radius 3 is 3.00 bits per heavy atom. The molecule has 0 amide bonds. The van der Waals surface area contributed by atoms with Gasteiger partial charge in [-0.1, -0.05) is 0 Å². The van der Waals surface area contributed by atoms with E-state index >= 15 is 0 Å². The second-order valence-electron chi connectivity index (χ2n) is 3.91. The molecule has 2 aromatic heterocycles. The summed E-state index contributed by atoms with van der Waals surface area (Å²) in [6.07, 6.45) is 3.74. The van der Waals surface area contributed by atoms with Crippen molar-refractivity contribution in [3.05, 3.63) is 18.4 Å². The van der Waals surface area contributed by atoms with Crippen LogP contribution in [0.5, 0.6) is 0 Å². The maximum atomic E-state index is 5.33. The van der Waals surface area contributed by atoms with Crippen LogP contribution in [0.2, 0.25) is 0 Å². The molecule has 6 heteroatoms. The molecule has 1 aliphatic rings. The summed E-state index contributed by atoms with van der Waals surface area (Å²) in [6, 6.07) is 4.09. The average Bonchev–Trinajstić information content (AvgIpc) is 3.01. The summed E-state index contributed by atoms with van der Waals surface area (Å²) >= 11 is 0. The van der Waals surface area contributed by atoms with Crippen LogP contribution in [-0.2, 0) is 0 Å². The molecule has 3 heterocycles. The van der Waals surface area contributed by atoms with Crippen LogP contribution in [0.15, 0.2) is 22.8 Å². The molecule has 0 aromatic carbocycles. The lowest BCUT2D eigenvalue weighted by Crippen LogP contribution is -2.30. The monoisotopic (exact) mass is 219 g/mol. The highest BCUT2D eigenvalue weighted by atomic mass is 16.3. The van der Waals surface area contributed by atoms with Gasteiger partial charge in [0.25, 0.3) is 0 Å². The van der Waals surface area contributed by atoms with Crippen LogP contribution in [-0.4, -0.2) is 33.3 Å². The first kappa shape index (κ1) is 9.53. The van der Waals surface area contributed by atoms with Gasteiger partial charge in [-0.25, -0.2) is 4.68 Å². The van der Waals surface area contributed by atoms with Crippen LogP contribution in [0.3, 0.4) is 0 Å². The first-order valence-electron chi connectivity index (χ1n) is 5.47. The Morgan fingerprint density at radius 1 is 1.38 bits per heavy atom. The van der Waals surface area contributed by atoms with E-state index in [-0.39, 0.29) is 0 Å². The number of furan rings is 1. The van der Waals surface area contributed by atoms with Crippen molar-refractivity contribution in [2.24, 2.45) is 0 Å². The van der Waals surface area contributed by atoms with E-state index in [1.807, 2.05) is 16.8 Å². The Morgan fingerprint density at radius 2 is 2.25 bits per heavy atom. The molecule has 0 aliphatic carbocycles. The standard InChI is InChI=1S/C10H13N5O/c1-2-9(16-7-1)10-12-13-14-15(10)8-3-5-11-6-4-8/h1-2,7-8,11H,3-6H2. The summed E-state index contributed by atoms with van der Waals surface area (Å²) in [4.78, 5) is 0. The van der Waals surface area contributed by atoms with Gasteiger partial charge >= 0.3 is 0 Å². The van der Waals surface area contributed by atoms with Crippen molar-refractivity contribution in [1.82, 2.24) is 25.5 Å². The molecular weight excluding hydrogens is 206 g/mol. The van der Waals surface area contributed by atoms with Crippen molar-refractivity contribution in [3.63, 3.8) is 0 Å². The summed E-state index contributed by atoms with van der Waals surface area (Å²) < 4.78 is 7.21. The van der Waals surface area contributed by atoms with E-state index in [4.69, 9.17) is 4.42 Å². The minimum Gasteiger partial charge on any atom is -0.461 e. The van der Waals surface area contributed by atoms with Gasteiger partial charge in [-0.2, -0.15) is 0 Å². The number of hydrogen-bond acceptors (Lipinski definition) is 5. The van der Waals surface area contributed by atoms with E-state index in [0.717, 1.165) is 37.5 Å². The van der Waals surface area contributed by atoms with Gasteiger partial charge in [0.15, 0.2) is 5.76 Å². The van der Waals surface area contributed by atoms with Gasteiger partial charge in [-0.05, 0) is 48.5 Å². The molecule has 0 saturated carbocycles. The number of nitrogens with one attached hydrogen (secondary N) is 1. The van der Waals surface area contributed by atoms with Gasteiger partial charge < -0.3 is 9.73 Å². The third kappa shape index (κ3) is 1.61. The number of rotatable bonds is 2. The molecule has 0 spiro atoms. The fourth-order valence-electron chi connectivity index (χ4n) is 2.06. The molecule has 2 aromatic rings. The van der Waals surface area contributed by atoms with E-state index in [1.165, 1.54) is 0 Å². The normalized spacial score (nSPS) is 17.8. The maximum absolute atomic E-state index is 5.33. The van der Waals surface area contributed by atoms with Crippen molar-refractivity contribution >= 4 is 0 Å². The summed E-state index contributed by atoms with van der Waals surface area (Å²) in [5.41, 5.74) is 0. The van der Waals surface area contributed by atoms with Crippen LogP contribution in [0.25, 0.3) is 11.6 Å². The molecule has 1 N–H and O–H groups in total. The van der Waals surface area contributed by atoms with Crippen molar-refractivity contribution in [2.75, 3.05) is 13.1 Å². The summed E-state index contributed by atoms with van der Waals surface area (Å²) in [6.45, 7) is 2.03. The molecule has 1 saturated heterocycles. The van der Waals surface area contributed by atoms with Crippen LogP contribution >= 0.6 is 0 Å². The van der Waals surface area contributed by atoms with E-state index in [9.17, 15) is 0 Å². The summed E-state index contributed by atoms with van der Waals surface area (Å²) in [5.74, 6) is 1.44.